The molecule has 0 radical (unpaired) electrons. The van der Waals surface area contributed by atoms with Gasteiger partial charge in [-0.3, -0.25) is 4.90 Å². The Labute approximate surface area is 124 Å². The molecule has 5 heteroatoms. The monoisotopic (exact) mass is 293 g/mol. The van der Waals surface area contributed by atoms with Crippen LogP contribution >= 0.6 is 11.3 Å². The molecule has 2 saturated heterocycles. The van der Waals surface area contributed by atoms with Crippen LogP contribution in [-0.2, 0) is 6.54 Å². The molecule has 20 heavy (non-hydrogen) atoms. The molecule has 1 spiro atoms. The molecule has 0 unspecified atom stereocenters. The summed E-state index contributed by atoms with van der Waals surface area (Å²) in [7, 11) is 0. The van der Waals surface area contributed by atoms with Crippen molar-refractivity contribution in [2.45, 2.75) is 32.9 Å². The first-order chi connectivity index (χ1) is 9.56. The third-order valence-corrected chi connectivity index (χ3v) is 4.99. The maximum Gasteiger partial charge on any atom is 0.317 e. The zero-order valence-corrected chi connectivity index (χ0v) is 13.1. The molecule has 4 nitrogen and oxygen atoms in total. The van der Waals surface area contributed by atoms with E-state index in [1.54, 1.807) is 11.3 Å². The second-order valence-electron chi connectivity index (χ2n) is 6.55. The first kappa shape index (κ1) is 13.9. The molecule has 2 aliphatic heterocycles. The molecule has 1 N–H and O–H groups in total. The first-order valence-electron chi connectivity index (χ1n) is 7.35. The van der Waals surface area contributed by atoms with E-state index in [9.17, 15) is 4.79 Å². The van der Waals surface area contributed by atoms with Gasteiger partial charge >= 0.3 is 6.03 Å². The van der Waals surface area contributed by atoms with Crippen molar-refractivity contribution >= 4 is 17.4 Å². The minimum absolute atomic E-state index is 0.0990. The van der Waals surface area contributed by atoms with Crippen molar-refractivity contribution in [2.24, 2.45) is 5.41 Å². The Kier molecular flexibility index (Phi) is 3.73. The van der Waals surface area contributed by atoms with Gasteiger partial charge in [-0.15, -0.1) is 0 Å². The van der Waals surface area contributed by atoms with Gasteiger partial charge < -0.3 is 10.2 Å². The molecule has 110 valence electrons. The van der Waals surface area contributed by atoms with E-state index in [4.69, 9.17) is 0 Å². The molecule has 0 aliphatic carbocycles. The average molecular weight is 293 g/mol. The molecule has 2 aliphatic rings. The van der Waals surface area contributed by atoms with E-state index in [0.29, 0.717) is 5.41 Å². The Balaban J connectivity index is 1.48. The van der Waals surface area contributed by atoms with Crippen molar-refractivity contribution in [3.63, 3.8) is 0 Å². The van der Waals surface area contributed by atoms with Crippen molar-refractivity contribution in [3.05, 3.63) is 22.4 Å². The molecule has 2 amide bonds. The number of carbonyl (C=O) groups excluding carboxylic acids is 1. The topological polar surface area (TPSA) is 35.6 Å². The number of amides is 2. The second kappa shape index (κ2) is 5.37. The minimum Gasteiger partial charge on any atom is -0.336 e. The zero-order chi connectivity index (χ0) is 14.2. The van der Waals surface area contributed by atoms with Crippen LogP contribution < -0.4 is 5.32 Å². The number of nitrogens with one attached hydrogen (secondary N) is 1. The molecule has 3 rings (SSSR count). The van der Waals surface area contributed by atoms with Gasteiger partial charge in [0.15, 0.2) is 0 Å². The molecular weight excluding hydrogens is 270 g/mol. The van der Waals surface area contributed by atoms with Crippen LogP contribution in [0.25, 0.3) is 0 Å². The highest BCUT2D eigenvalue weighted by molar-refractivity contribution is 7.07. The summed E-state index contributed by atoms with van der Waals surface area (Å²) in [5.74, 6) is 0. The van der Waals surface area contributed by atoms with E-state index in [0.717, 1.165) is 32.7 Å². The van der Waals surface area contributed by atoms with E-state index >= 15 is 0 Å². The standard InChI is InChI=1S/C15H23N3OS/c1-12(2)16-14(19)18-10-15(11-18)4-5-17(9-15)7-13-3-6-20-8-13/h3,6,8,12H,4-5,7,9-11H2,1-2H3,(H,16,19). The Bertz CT molecular complexity index is 465. The molecule has 2 fully saturated rings. The van der Waals surface area contributed by atoms with Gasteiger partial charge in [0.05, 0.1) is 0 Å². The van der Waals surface area contributed by atoms with E-state index in [2.05, 4.69) is 27.0 Å². The number of likely N-dealkylation sites (tertiary alicyclic amines) is 2. The van der Waals surface area contributed by atoms with E-state index in [1.807, 2.05) is 18.7 Å². The third kappa shape index (κ3) is 2.83. The summed E-state index contributed by atoms with van der Waals surface area (Å²) >= 11 is 1.76. The lowest BCUT2D eigenvalue weighted by Gasteiger charge is -2.48. The predicted molar refractivity (Wildman–Crippen MR) is 81.9 cm³/mol. The molecule has 0 saturated carbocycles. The van der Waals surface area contributed by atoms with Gasteiger partial charge in [0.1, 0.15) is 0 Å². The van der Waals surface area contributed by atoms with Gasteiger partial charge in [0.25, 0.3) is 0 Å². The largest absolute Gasteiger partial charge is 0.336 e. The van der Waals surface area contributed by atoms with Crippen LogP contribution in [0.4, 0.5) is 4.79 Å². The van der Waals surface area contributed by atoms with Crippen LogP contribution in [0.2, 0.25) is 0 Å². The molecule has 0 aromatic carbocycles. The maximum absolute atomic E-state index is 11.9. The van der Waals surface area contributed by atoms with Gasteiger partial charge in [0.2, 0.25) is 0 Å². The summed E-state index contributed by atoms with van der Waals surface area (Å²) in [5, 5.41) is 7.35. The number of hydrogen-bond donors (Lipinski definition) is 1. The highest BCUT2D eigenvalue weighted by Gasteiger charge is 2.49. The normalized spacial score (nSPS) is 21.4. The van der Waals surface area contributed by atoms with Gasteiger partial charge in [0, 0.05) is 37.6 Å². The van der Waals surface area contributed by atoms with Gasteiger partial charge in [-0.05, 0) is 49.2 Å². The van der Waals surface area contributed by atoms with Crippen LogP contribution in [0.3, 0.4) is 0 Å². The maximum atomic E-state index is 11.9. The Hall–Kier alpha value is -1.07. The van der Waals surface area contributed by atoms with E-state index in [1.165, 1.54) is 12.0 Å². The van der Waals surface area contributed by atoms with Crippen LogP contribution in [-0.4, -0.2) is 48.1 Å². The Morgan fingerprint density at radius 2 is 2.25 bits per heavy atom. The lowest BCUT2D eigenvalue weighted by molar-refractivity contribution is 0.0373. The van der Waals surface area contributed by atoms with Crippen LogP contribution in [0.1, 0.15) is 25.8 Å². The summed E-state index contributed by atoms with van der Waals surface area (Å²) in [6, 6.07) is 2.53. The van der Waals surface area contributed by atoms with Crippen molar-refractivity contribution in [3.8, 4) is 0 Å². The summed E-state index contributed by atoms with van der Waals surface area (Å²) in [5.41, 5.74) is 1.78. The molecule has 1 aromatic rings. The van der Waals surface area contributed by atoms with Crippen molar-refractivity contribution in [1.82, 2.24) is 15.1 Å². The van der Waals surface area contributed by atoms with Crippen LogP contribution in [0, 0.1) is 5.41 Å². The number of rotatable bonds is 3. The Morgan fingerprint density at radius 3 is 2.90 bits per heavy atom. The molecular formula is C15H23N3OS. The highest BCUT2D eigenvalue weighted by atomic mass is 32.1. The second-order valence-corrected chi connectivity index (χ2v) is 7.33. The summed E-state index contributed by atoms with van der Waals surface area (Å²) in [4.78, 5) is 16.4. The smallest absolute Gasteiger partial charge is 0.317 e. The van der Waals surface area contributed by atoms with Crippen molar-refractivity contribution in [2.75, 3.05) is 26.2 Å². The van der Waals surface area contributed by atoms with Gasteiger partial charge in [-0.25, -0.2) is 4.79 Å². The van der Waals surface area contributed by atoms with Crippen molar-refractivity contribution < 1.29 is 4.79 Å². The lowest BCUT2D eigenvalue weighted by atomic mass is 9.79. The lowest BCUT2D eigenvalue weighted by Crippen LogP contribution is -2.62. The highest BCUT2D eigenvalue weighted by Crippen LogP contribution is 2.40. The number of nitrogens with zero attached hydrogens (tertiary/aromatic N) is 2. The van der Waals surface area contributed by atoms with Gasteiger partial charge in [-0.1, -0.05) is 0 Å². The number of carbonyl (C=O) groups is 1. The molecule has 3 heterocycles. The van der Waals surface area contributed by atoms with Crippen molar-refractivity contribution in [1.29, 1.82) is 0 Å². The fraction of sp³-hybridized carbons (Fsp3) is 0.667. The predicted octanol–water partition coefficient (Wildman–Crippen LogP) is 2.37. The van der Waals surface area contributed by atoms with E-state index < -0.39 is 0 Å². The zero-order valence-electron chi connectivity index (χ0n) is 12.3. The average Bonchev–Trinajstić information content (AvgIpc) is 2.95. The SMILES string of the molecule is CC(C)NC(=O)N1CC2(CCN(Cc3ccsc3)C2)C1. The molecule has 1 aromatic heterocycles. The van der Waals surface area contributed by atoms with Crippen LogP contribution in [0.5, 0.6) is 0 Å². The molecule has 0 bridgehead atoms. The summed E-state index contributed by atoms with van der Waals surface area (Å²) in [6.45, 7) is 9.21. The number of thiophene rings is 1. The number of hydrogen-bond acceptors (Lipinski definition) is 3. The number of urea groups is 1. The fourth-order valence-corrected chi connectivity index (χ4v) is 3.97. The minimum atomic E-state index is 0.0990. The van der Waals surface area contributed by atoms with Crippen LogP contribution in [0.15, 0.2) is 16.8 Å². The Morgan fingerprint density at radius 1 is 1.45 bits per heavy atom. The summed E-state index contributed by atoms with van der Waals surface area (Å²) in [6.07, 6.45) is 1.22. The van der Waals surface area contributed by atoms with E-state index in [-0.39, 0.29) is 12.1 Å². The fourth-order valence-electron chi connectivity index (χ4n) is 3.31. The van der Waals surface area contributed by atoms with Gasteiger partial charge in [-0.2, -0.15) is 11.3 Å². The summed E-state index contributed by atoms with van der Waals surface area (Å²) < 4.78 is 0. The molecule has 0 atom stereocenters. The third-order valence-electron chi connectivity index (χ3n) is 4.26. The first-order valence-corrected chi connectivity index (χ1v) is 8.29. The quantitative estimate of drug-likeness (QED) is 0.928.